The van der Waals surface area contributed by atoms with Crippen molar-refractivity contribution in [2.45, 2.75) is 9.79 Å². The van der Waals surface area contributed by atoms with Crippen LogP contribution in [0, 0.1) is 0 Å². The minimum absolute atomic E-state index is 0.0630. The van der Waals surface area contributed by atoms with Crippen molar-refractivity contribution in [3.05, 3.63) is 78.4 Å². The van der Waals surface area contributed by atoms with E-state index in [4.69, 9.17) is 9.47 Å². The second-order valence-electron chi connectivity index (χ2n) is 6.88. The number of methoxy groups -OCH3 is 1. The molecule has 0 fully saturated rings. The fourth-order valence-electron chi connectivity index (χ4n) is 3.27. The summed E-state index contributed by atoms with van der Waals surface area (Å²) < 4.78 is 10.7. The molecule has 0 bridgehead atoms. The molecule has 0 aromatic heterocycles. The molecule has 1 aliphatic heterocycles. The monoisotopic (exact) mass is 434 g/mol. The van der Waals surface area contributed by atoms with Gasteiger partial charge in [-0.3, -0.25) is 9.59 Å². The predicted octanol–water partition coefficient (Wildman–Crippen LogP) is 4.46. The number of anilines is 2. The first kappa shape index (κ1) is 21.0. The summed E-state index contributed by atoms with van der Waals surface area (Å²) in [6.07, 6.45) is 0. The van der Waals surface area contributed by atoms with Crippen LogP contribution in [0.5, 0.6) is 5.75 Å². The van der Waals surface area contributed by atoms with Crippen LogP contribution in [0.25, 0.3) is 0 Å². The van der Waals surface area contributed by atoms with Crippen LogP contribution < -0.4 is 15.0 Å². The van der Waals surface area contributed by atoms with Gasteiger partial charge in [0.25, 0.3) is 11.8 Å². The molecule has 7 heteroatoms. The van der Waals surface area contributed by atoms with Gasteiger partial charge in [-0.15, -0.1) is 0 Å². The number of para-hydroxylation sites is 1. The highest BCUT2D eigenvalue weighted by molar-refractivity contribution is 7.99. The van der Waals surface area contributed by atoms with Gasteiger partial charge >= 0.3 is 0 Å². The van der Waals surface area contributed by atoms with Gasteiger partial charge in [0.2, 0.25) is 0 Å². The van der Waals surface area contributed by atoms with E-state index >= 15 is 0 Å². The Morgan fingerprint density at radius 2 is 1.77 bits per heavy atom. The van der Waals surface area contributed by atoms with E-state index in [1.807, 2.05) is 54.6 Å². The zero-order chi connectivity index (χ0) is 21.6. The molecule has 0 atom stereocenters. The molecule has 158 valence electrons. The molecule has 31 heavy (non-hydrogen) atoms. The Kier molecular flexibility index (Phi) is 6.54. The Bertz CT molecular complexity index is 1090. The van der Waals surface area contributed by atoms with E-state index in [0.717, 1.165) is 15.5 Å². The van der Waals surface area contributed by atoms with Gasteiger partial charge in [-0.2, -0.15) is 0 Å². The summed E-state index contributed by atoms with van der Waals surface area (Å²) in [5, 5.41) is 2.87. The Hall–Kier alpha value is -3.29. The van der Waals surface area contributed by atoms with E-state index in [9.17, 15) is 9.59 Å². The summed E-state index contributed by atoms with van der Waals surface area (Å²) in [5.74, 6) is 0.320. The Balaban J connectivity index is 1.55. The SMILES string of the molecule is COCCN1C(=O)c2ccccc2Sc2cc(NC(=O)COc3ccccc3)ccc21. The lowest BCUT2D eigenvalue weighted by Crippen LogP contribution is -2.33. The summed E-state index contributed by atoms with van der Waals surface area (Å²) in [5.41, 5.74) is 2.09. The molecule has 3 aromatic rings. The fraction of sp³-hybridized carbons (Fsp3) is 0.167. The molecule has 1 heterocycles. The maximum atomic E-state index is 13.2. The molecule has 1 aliphatic rings. The zero-order valence-corrected chi connectivity index (χ0v) is 17.9. The lowest BCUT2D eigenvalue weighted by molar-refractivity contribution is -0.118. The standard InChI is InChI=1S/C24H22N2O4S/c1-29-14-13-26-20-12-11-17(25-23(27)16-30-18-7-3-2-4-8-18)15-22(20)31-21-10-6-5-9-19(21)24(26)28/h2-12,15H,13-14,16H2,1H3,(H,25,27). The van der Waals surface area contributed by atoms with Gasteiger partial charge in [0.05, 0.1) is 17.9 Å². The molecule has 6 nitrogen and oxygen atoms in total. The Morgan fingerprint density at radius 1 is 1.00 bits per heavy atom. The molecule has 0 saturated heterocycles. The quantitative estimate of drug-likeness (QED) is 0.595. The topological polar surface area (TPSA) is 67.9 Å². The van der Waals surface area contributed by atoms with Crippen LogP contribution >= 0.6 is 11.8 Å². The fourth-order valence-corrected chi connectivity index (χ4v) is 4.39. The van der Waals surface area contributed by atoms with Gasteiger partial charge in [0.15, 0.2) is 6.61 Å². The second kappa shape index (κ2) is 9.68. The molecule has 0 aliphatic carbocycles. The summed E-state index contributed by atoms with van der Waals surface area (Å²) in [6.45, 7) is 0.775. The second-order valence-corrected chi connectivity index (χ2v) is 7.96. The molecular formula is C24H22N2O4S. The molecule has 4 rings (SSSR count). The number of hydrogen-bond donors (Lipinski definition) is 1. The van der Waals surface area contributed by atoms with Crippen molar-refractivity contribution in [1.29, 1.82) is 0 Å². The highest BCUT2D eigenvalue weighted by atomic mass is 32.2. The lowest BCUT2D eigenvalue weighted by atomic mass is 10.1. The molecule has 0 radical (unpaired) electrons. The number of carbonyl (C=O) groups excluding carboxylic acids is 2. The number of rotatable bonds is 7. The third-order valence-corrected chi connectivity index (χ3v) is 5.87. The van der Waals surface area contributed by atoms with Crippen molar-refractivity contribution in [3.63, 3.8) is 0 Å². The molecular weight excluding hydrogens is 412 g/mol. The first-order chi connectivity index (χ1) is 15.2. The highest BCUT2D eigenvalue weighted by Crippen LogP contribution is 2.42. The smallest absolute Gasteiger partial charge is 0.262 e. The Morgan fingerprint density at radius 3 is 2.58 bits per heavy atom. The van der Waals surface area contributed by atoms with Crippen LogP contribution in [-0.2, 0) is 9.53 Å². The largest absolute Gasteiger partial charge is 0.484 e. The van der Waals surface area contributed by atoms with E-state index in [1.54, 1.807) is 30.2 Å². The van der Waals surface area contributed by atoms with Crippen LogP contribution in [0.4, 0.5) is 11.4 Å². The van der Waals surface area contributed by atoms with E-state index in [1.165, 1.54) is 11.8 Å². The third kappa shape index (κ3) is 4.90. The molecule has 0 unspecified atom stereocenters. The van der Waals surface area contributed by atoms with Crippen molar-refractivity contribution in [2.24, 2.45) is 0 Å². The van der Waals surface area contributed by atoms with Crippen LogP contribution in [0.1, 0.15) is 10.4 Å². The first-order valence-electron chi connectivity index (χ1n) is 9.85. The maximum absolute atomic E-state index is 13.2. The van der Waals surface area contributed by atoms with Gasteiger partial charge in [0, 0.05) is 29.1 Å². The number of nitrogens with one attached hydrogen (secondary N) is 1. The zero-order valence-electron chi connectivity index (χ0n) is 17.0. The van der Waals surface area contributed by atoms with E-state index < -0.39 is 0 Å². The number of amides is 2. The van der Waals surface area contributed by atoms with Crippen molar-refractivity contribution in [1.82, 2.24) is 0 Å². The summed E-state index contributed by atoms with van der Waals surface area (Å²) in [7, 11) is 1.61. The van der Waals surface area contributed by atoms with Crippen molar-refractivity contribution >= 4 is 35.0 Å². The van der Waals surface area contributed by atoms with Crippen molar-refractivity contribution in [3.8, 4) is 5.75 Å². The number of nitrogens with zero attached hydrogens (tertiary/aromatic N) is 1. The molecule has 3 aromatic carbocycles. The Labute approximate surface area is 185 Å². The van der Waals surface area contributed by atoms with Gasteiger partial charge in [-0.25, -0.2) is 0 Å². The normalized spacial score (nSPS) is 12.5. The lowest BCUT2D eigenvalue weighted by Gasteiger charge is -2.23. The number of hydrogen-bond acceptors (Lipinski definition) is 5. The van der Waals surface area contributed by atoms with Gasteiger partial charge in [-0.05, 0) is 42.5 Å². The average molecular weight is 435 g/mol. The average Bonchev–Trinajstić information content (AvgIpc) is 2.91. The van der Waals surface area contributed by atoms with Gasteiger partial charge in [-0.1, -0.05) is 42.1 Å². The third-order valence-electron chi connectivity index (χ3n) is 4.75. The van der Waals surface area contributed by atoms with E-state index in [0.29, 0.717) is 30.2 Å². The minimum Gasteiger partial charge on any atom is -0.484 e. The van der Waals surface area contributed by atoms with Crippen LogP contribution in [0.2, 0.25) is 0 Å². The van der Waals surface area contributed by atoms with Gasteiger partial charge in [0.1, 0.15) is 5.75 Å². The van der Waals surface area contributed by atoms with E-state index in [2.05, 4.69) is 5.32 Å². The minimum atomic E-state index is -0.254. The molecule has 0 spiro atoms. The summed E-state index contributed by atoms with van der Waals surface area (Å²) >= 11 is 1.51. The maximum Gasteiger partial charge on any atom is 0.262 e. The number of benzene rings is 3. The number of fused-ring (bicyclic) bond motifs is 2. The highest BCUT2D eigenvalue weighted by Gasteiger charge is 2.27. The van der Waals surface area contributed by atoms with Gasteiger partial charge < -0.3 is 19.7 Å². The van der Waals surface area contributed by atoms with E-state index in [-0.39, 0.29) is 18.4 Å². The van der Waals surface area contributed by atoms with Crippen LogP contribution in [-0.4, -0.2) is 38.7 Å². The summed E-state index contributed by atoms with van der Waals surface area (Å²) in [6, 6.07) is 22.3. The number of ether oxygens (including phenoxy) is 2. The van der Waals surface area contributed by atoms with Crippen molar-refractivity contribution in [2.75, 3.05) is 37.1 Å². The number of carbonyl (C=O) groups is 2. The predicted molar refractivity (Wildman–Crippen MR) is 121 cm³/mol. The molecule has 0 saturated carbocycles. The summed E-state index contributed by atoms with van der Waals surface area (Å²) in [4.78, 5) is 29.0. The molecule has 2 amide bonds. The van der Waals surface area contributed by atoms with Crippen LogP contribution in [0.15, 0.2) is 82.6 Å². The molecule has 1 N–H and O–H groups in total. The van der Waals surface area contributed by atoms with Crippen molar-refractivity contribution < 1.29 is 19.1 Å². The van der Waals surface area contributed by atoms with Crippen LogP contribution in [0.3, 0.4) is 0 Å². The first-order valence-corrected chi connectivity index (χ1v) is 10.7.